The van der Waals surface area contributed by atoms with E-state index in [0.29, 0.717) is 17.7 Å². The molecule has 3 atom stereocenters. The number of carbonyl (C=O) groups is 2. The van der Waals surface area contributed by atoms with Crippen molar-refractivity contribution in [2.45, 2.75) is 52.5 Å². The highest BCUT2D eigenvalue weighted by Crippen LogP contribution is 2.23. The molecule has 1 rings (SSSR count). The molecule has 0 aromatic rings. The lowest BCUT2D eigenvalue weighted by molar-refractivity contribution is -0.127. The van der Waals surface area contributed by atoms with E-state index in [4.69, 9.17) is 4.74 Å². The predicted octanol–water partition coefficient (Wildman–Crippen LogP) is 2.05. The lowest BCUT2D eigenvalue weighted by Gasteiger charge is -2.07. The lowest BCUT2D eigenvalue weighted by atomic mass is 10.2. The van der Waals surface area contributed by atoms with Crippen molar-refractivity contribution in [1.29, 1.82) is 0 Å². The maximum Gasteiger partial charge on any atom is 0.253 e. The van der Waals surface area contributed by atoms with Gasteiger partial charge in [-0.15, -0.1) is 0 Å². The Morgan fingerprint density at radius 2 is 2.05 bits per heavy atom. The van der Waals surface area contributed by atoms with Crippen LogP contribution < -0.4 is 5.32 Å². The molecule has 1 heterocycles. The fourth-order valence-corrected chi connectivity index (χ4v) is 1.77. The maximum absolute atomic E-state index is 12.7. The fraction of sp³-hybridized carbons (Fsp3) is 0.692. The van der Waals surface area contributed by atoms with Crippen LogP contribution in [0.4, 0.5) is 4.39 Å². The molecule has 0 bridgehead atoms. The minimum atomic E-state index is -0.794. The number of hydrogen-bond donors (Lipinski definition) is 2. The van der Waals surface area contributed by atoms with Crippen molar-refractivity contribution in [3.05, 3.63) is 11.6 Å². The van der Waals surface area contributed by atoms with E-state index in [1.807, 2.05) is 6.92 Å². The second-order valence-electron chi connectivity index (χ2n) is 4.40. The summed E-state index contributed by atoms with van der Waals surface area (Å²) in [7, 11) is 0. The van der Waals surface area contributed by atoms with Gasteiger partial charge in [-0.3, -0.25) is 14.9 Å². The van der Waals surface area contributed by atoms with E-state index in [1.165, 1.54) is 6.92 Å². The number of imide groups is 1. The van der Waals surface area contributed by atoms with Gasteiger partial charge in [0.25, 0.3) is 5.91 Å². The first-order valence-corrected chi connectivity index (χ1v) is 6.80. The molecule has 1 aliphatic heterocycles. The Morgan fingerprint density at radius 3 is 2.32 bits per heavy atom. The van der Waals surface area contributed by atoms with E-state index in [1.54, 1.807) is 19.9 Å². The Bertz CT molecular complexity index is 347. The molecule has 2 amide bonds. The topological polar surface area (TPSA) is 55.4 Å². The van der Waals surface area contributed by atoms with E-state index in [9.17, 15) is 14.0 Å². The van der Waals surface area contributed by atoms with Gasteiger partial charge in [0.1, 0.15) is 6.17 Å². The Kier molecular flexibility index (Phi) is 8.67. The zero-order chi connectivity index (χ0) is 15.0. The number of alkyl halides is 1. The summed E-state index contributed by atoms with van der Waals surface area (Å²) in [4.78, 5) is 21.1. The van der Waals surface area contributed by atoms with Gasteiger partial charge in [0.05, 0.1) is 12.2 Å². The molecule has 0 aromatic heterocycles. The number of nitrogens with one attached hydrogen (secondary N) is 1. The second-order valence-corrected chi connectivity index (χ2v) is 4.77. The minimum Gasteiger partial charge on any atom is -0.371 e. The van der Waals surface area contributed by atoms with E-state index in [-0.39, 0.29) is 24.0 Å². The average molecular weight is 291 g/mol. The third-order valence-corrected chi connectivity index (χ3v) is 2.99. The van der Waals surface area contributed by atoms with Gasteiger partial charge >= 0.3 is 0 Å². The number of thiol groups is 1. The van der Waals surface area contributed by atoms with Gasteiger partial charge in [-0.25, -0.2) is 4.39 Å². The molecule has 6 heteroatoms. The first kappa shape index (κ1) is 18.1. The summed E-state index contributed by atoms with van der Waals surface area (Å²) in [6, 6.07) is 0. The Labute approximate surface area is 119 Å². The minimum absolute atomic E-state index is 0.0807. The largest absolute Gasteiger partial charge is 0.371 e. The molecule has 1 aliphatic rings. The summed E-state index contributed by atoms with van der Waals surface area (Å²) in [5, 5.41) is 2.15. The highest BCUT2D eigenvalue weighted by Gasteiger charge is 2.31. The molecule has 0 spiro atoms. The number of hydrogen-bond acceptors (Lipinski definition) is 4. The summed E-state index contributed by atoms with van der Waals surface area (Å²) >= 11 is 3.95. The van der Waals surface area contributed by atoms with Crippen LogP contribution in [0.15, 0.2) is 11.6 Å². The van der Waals surface area contributed by atoms with Gasteiger partial charge < -0.3 is 4.74 Å². The first-order chi connectivity index (χ1) is 8.81. The SMILES string of the molecule is C/C=C(/C)C(=O)NC(C)=O.CC1C[C@H](F)C(CS)O1. The summed E-state index contributed by atoms with van der Waals surface area (Å²) in [5.74, 6) is -0.160. The third-order valence-electron chi connectivity index (χ3n) is 2.63. The summed E-state index contributed by atoms with van der Waals surface area (Å²) in [6.45, 7) is 6.59. The maximum atomic E-state index is 12.7. The molecule has 2 unspecified atom stereocenters. The van der Waals surface area contributed by atoms with Crippen molar-refractivity contribution in [3.63, 3.8) is 0 Å². The van der Waals surface area contributed by atoms with Crippen LogP contribution in [-0.4, -0.2) is 35.9 Å². The van der Waals surface area contributed by atoms with Crippen molar-refractivity contribution in [1.82, 2.24) is 5.32 Å². The molecule has 1 saturated heterocycles. The molecule has 0 aromatic carbocycles. The molecule has 110 valence electrons. The fourth-order valence-electron chi connectivity index (χ4n) is 1.46. The van der Waals surface area contributed by atoms with Crippen LogP contribution >= 0.6 is 12.6 Å². The Hall–Kier alpha value is -0.880. The second kappa shape index (κ2) is 9.09. The van der Waals surface area contributed by atoms with Crippen molar-refractivity contribution >= 4 is 24.4 Å². The highest BCUT2D eigenvalue weighted by atomic mass is 32.1. The smallest absolute Gasteiger partial charge is 0.253 e. The number of amides is 2. The predicted molar refractivity (Wildman–Crippen MR) is 76.0 cm³/mol. The van der Waals surface area contributed by atoms with E-state index in [0.717, 1.165) is 0 Å². The van der Waals surface area contributed by atoms with Crippen LogP contribution in [0.3, 0.4) is 0 Å². The standard InChI is InChI=1S/C7H11NO2.C6H11FOS/c1-4-5(2)7(10)8-6(3)9;1-4-2-5(7)6(3-9)8-4/h4H,1-3H3,(H,8,9,10);4-6,9H,2-3H2,1H3/b5-4-;/t;4?,5-,6?/m.0/s1. The number of carbonyl (C=O) groups excluding carboxylic acids is 2. The van der Waals surface area contributed by atoms with Crippen LogP contribution in [0.2, 0.25) is 0 Å². The summed E-state index contributed by atoms with van der Waals surface area (Å²) in [5.41, 5.74) is 0.551. The normalized spacial score (nSPS) is 26.4. The van der Waals surface area contributed by atoms with Crippen molar-refractivity contribution < 1.29 is 18.7 Å². The van der Waals surface area contributed by atoms with Crippen LogP contribution in [-0.2, 0) is 14.3 Å². The first-order valence-electron chi connectivity index (χ1n) is 6.17. The van der Waals surface area contributed by atoms with E-state index >= 15 is 0 Å². The van der Waals surface area contributed by atoms with Crippen molar-refractivity contribution in [2.24, 2.45) is 0 Å². The quantitative estimate of drug-likeness (QED) is 0.605. The molecule has 0 radical (unpaired) electrons. The number of halogens is 1. The molecule has 0 saturated carbocycles. The van der Waals surface area contributed by atoms with Gasteiger partial charge in [0, 0.05) is 24.7 Å². The summed E-state index contributed by atoms with van der Waals surface area (Å²) < 4.78 is 17.8. The number of allylic oxidation sites excluding steroid dienone is 1. The Morgan fingerprint density at radius 1 is 1.47 bits per heavy atom. The zero-order valence-corrected chi connectivity index (χ0v) is 12.7. The molecular formula is C13H22FNO3S. The molecule has 1 N–H and O–H groups in total. The Balaban J connectivity index is 0.000000342. The lowest BCUT2D eigenvalue weighted by Crippen LogP contribution is -2.28. The van der Waals surface area contributed by atoms with Crippen molar-refractivity contribution in [3.8, 4) is 0 Å². The van der Waals surface area contributed by atoms with E-state index in [2.05, 4.69) is 17.9 Å². The van der Waals surface area contributed by atoms with Gasteiger partial charge in [-0.1, -0.05) is 6.08 Å². The van der Waals surface area contributed by atoms with Gasteiger partial charge in [-0.05, 0) is 20.8 Å². The van der Waals surface area contributed by atoms with Crippen LogP contribution in [0, 0.1) is 0 Å². The highest BCUT2D eigenvalue weighted by molar-refractivity contribution is 7.80. The molecule has 4 nitrogen and oxygen atoms in total. The third kappa shape index (κ3) is 7.32. The molecular weight excluding hydrogens is 269 g/mol. The van der Waals surface area contributed by atoms with Crippen LogP contribution in [0.25, 0.3) is 0 Å². The van der Waals surface area contributed by atoms with Crippen LogP contribution in [0.5, 0.6) is 0 Å². The zero-order valence-electron chi connectivity index (χ0n) is 11.8. The average Bonchev–Trinajstić information content (AvgIpc) is 2.66. The molecule has 19 heavy (non-hydrogen) atoms. The monoisotopic (exact) mass is 291 g/mol. The molecule has 0 aliphatic carbocycles. The van der Waals surface area contributed by atoms with Crippen molar-refractivity contribution in [2.75, 3.05) is 5.75 Å². The van der Waals surface area contributed by atoms with Crippen LogP contribution in [0.1, 0.15) is 34.1 Å². The number of rotatable bonds is 2. The number of ether oxygens (including phenoxy) is 1. The van der Waals surface area contributed by atoms with Gasteiger partial charge in [-0.2, -0.15) is 12.6 Å². The van der Waals surface area contributed by atoms with Gasteiger partial charge in [0.15, 0.2) is 0 Å². The van der Waals surface area contributed by atoms with E-state index < -0.39 is 6.17 Å². The van der Waals surface area contributed by atoms with Gasteiger partial charge in [0.2, 0.25) is 5.91 Å². The molecule has 1 fully saturated rings. The summed E-state index contributed by atoms with van der Waals surface area (Å²) in [6.07, 6.45) is 1.21.